The van der Waals surface area contributed by atoms with Crippen LogP contribution in [0, 0.1) is 0 Å². The van der Waals surface area contributed by atoms with E-state index in [9.17, 15) is 14.4 Å². The van der Waals surface area contributed by atoms with Gasteiger partial charge >= 0.3 is 5.97 Å². The maximum atomic E-state index is 12.1. The molecule has 1 unspecified atom stereocenters. The Labute approximate surface area is 172 Å². The molecule has 0 aliphatic heterocycles. The molecule has 148 valence electrons. The fraction of sp³-hybridized carbons (Fsp3) is 0.250. The normalized spacial score (nSPS) is 11.5. The highest BCUT2D eigenvalue weighted by atomic mass is 35.5. The highest BCUT2D eigenvalue weighted by Gasteiger charge is 2.18. The first-order valence-electron chi connectivity index (χ1n) is 8.64. The van der Waals surface area contributed by atoms with Crippen LogP contribution in [0.3, 0.4) is 0 Å². The largest absolute Gasteiger partial charge is 0.480 e. The summed E-state index contributed by atoms with van der Waals surface area (Å²) in [7, 11) is 0. The molecule has 0 saturated carbocycles. The number of aliphatic carboxylic acids is 1. The number of halogens is 1. The molecule has 0 aliphatic rings. The molecule has 1 atom stereocenters. The number of hydrogen-bond donors (Lipinski definition) is 3. The number of carbonyl (C=O) groups excluding carboxylic acids is 2. The smallest absolute Gasteiger partial charge is 0.326 e. The Bertz CT molecular complexity index is 825. The van der Waals surface area contributed by atoms with E-state index in [1.165, 1.54) is 11.8 Å². The van der Waals surface area contributed by atoms with Crippen molar-refractivity contribution in [2.24, 2.45) is 0 Å². The van der Waals surface area contributed by atoms with Crippen LogP contribution in [-0.2, 0) is 15.3 Å². The summed E-state index contributed by atoms with van der Waals surface area (Å²) in [5.41, 5.74) is 2.05. The number of thioether (sulfide) groups is 1. The fourth-order valence-corrected chi connectivity index (χ4v) is 3.24. The van der Waals surface area contributed by atoms with Gasteiger partial charge in [-0.2, -0.15) is 0 Å². The summed E-state index contributed by atoms with van der Waals surface area (Å²) in [6.45, 7) is 1.70. The van der Waals surface area contributed by atoms with E-state index in [2.05, 4.69) is 10.6 Å². The Morgan fingerprint density at radius 3 is 2.29 bits per heavy atom. The molecule has 0 spiro atoms. The van der Waals surface area contributed by atoms with Gasteiger partial charge in [-0.05, 0) is 48.4 Å². The van der Waals surface area contributed by atoms with Gasteiger partial charge in [0, 0.05) is 22.0 Å². The van der Waals surface area contributed by atoms with Crippen molar-refractivity contribution >= 4 is 46.8 Å². The SMILES string of the molecule is CCC(NC(=O)c1ccc(CSCC(=O)Nc2ccc(Cl)cc2)cc1)C(=O)O. The number of benzene rings is 2. The third-order valence-electron chi connectivity index (χ3n) is 3.86. The van der Waals surface area contributed by atoms with Gasteiger partial charge in [0.15, 0.2) is 0 Å². The lowest BCUT2D eigenvalue weighted by Crippen LogP contribution is -2.40. The minimum absolute atomic E-state index is 0.109. The number of carboxylic acids is 1. The Morgan fingerprint density at radius 2 is 1.71 bits per heavy atom. The van der Waals surface area contributed by atoms with Crippen LogP contribution >= 0.6 is 23.4 Å². The Balaban J connectivity index is 1.79. The van der Waals surface area contributed by atoms with Crippen molar-refractivity contribution < 1.29 is 19.5 Å². The third kappa shape index (κ3) is 6.90. The number of carbonyl (C=O) groups is 3. The van der Waals surface area contributed by atoms with Crippen molar-refractivity contribution in [1.82, 2.24) is 5.32 Å². The van der Waals surface area contributed by atoms with E-state index in [1.807, 2.05) is 0 Å². The van der Waals surface area contributed by atoms with Crippen LogP contribution in [0.15, 0.2) is 48.5 Å². The van der Waals surface area contributed by atoms with Gasteiger partial charge in [-0.15, -0.1) is 11.8 Å². The van der Waals surface area contributed by atoms with Crippen molar-refractivity contribution in [2.75, 3.05) is 11.1 Å². The first kappa shape index (κ1) is 21.8. The van der Waals surface area contributed by atoms with Gasteiger partial charge in [0.2, 0.25) is 5.91 Å². The number of nitrogens with one attached hydrogen (secondary N) is 2. The second kappa shape index (κ2) is 10.7. The highest BCUT2D eigenvalue weighted by molar-refractivity contribution is 7.99. The minimum Gasteiger partial charge on any atom is -0.480 e. The lowest BCUT2D eigenvalue weighted by Gasteiger charge is -2.12. The molecule has 0 aliphatic carbocycles. The molecular weight excluding hydrogens is 400 g/mol. The molecule has 2 amide bonds. The maximum Gasteiger partial charge on any atom is 0.326 e. The molecule has 28 heavy (non-hydrogen) atoms. The van der Waals surface area contributed by atoms with E-state index >= 15 is 0 Å². The average Bonchev–Trinajstić information content (AvgIpc) is 2.68. The lowest BCUT2D eigenvalue weighted by molar-refractivity contribution is -0.139. The zero-order valence-corrected chi connectivity index (χ0v) is 16.8. The first-order valence-corrected chi connectivity index (χ1v) is 10.2. The summed E-state index contributed by atoms with van der Waals surface area (Å²) in [5.74, 6) is -0.677. The zero-order valence-electron chi connectivity index (χ0n) is 15.3. The molecule has 0 aromatic heterocycles. The predicted molar refractivity (Wildman–Crippen MR) is 112 cm³/mol. The van der Waals surface area contributed by atoms with E-state index in [4.69, 9.17) is 16.7 Å². The van der Waals surface area contributed by atoms with Crippen LogP contribution in [0.25, 0.3) is 0 Å². The second-order valence-corrected chi connectivity index (χ2v) is 7.44. The van der Waals surface area contributed by atoms with Crippen molar-refractivity contribution in [3.8, 4) is 0 Å². The molecule has 0 bridgehead atoms. The summed E-state index contributed by atoms with van der Waals surface area (Å²) >= 11 is 7.26. The minimum atomic E-state index is -1.05. The maximum absolute atomic E-state index is 12.1. The molecule has 2 rings (SSSR count). The van der Waals surface area contributed by atoms with Crippen molar-refractivity contribution in [3.63, 3.8) is 0 Å². The molecule has 0 radical (unpaired) electrons. The topological polar surface area (TPSA) is 95.5 Å². The van der Waals surface area contributed by atoms with Crippen LogP contribution in [0.4, 0.5) is 5.69 Å². The van der Waals surface area contributed by atoms with Crippen molar-refractivity contribution in [2.45, 2.75) is 25.1 Å². The van der Waals surface area contributed by atoms with E-state index in [1.54, 1.807) is 55.5 Å². The summed E-state index contributed by atoms with van der Waals surface area (Å²) in [5, 5.41) is 14.9. The van der Waals surface area contributed by atoms with Crippen LogP contribution in [0.5, 0.6) is 0 Å². The van der Waals surface area contributed by atoms with Crippen molar-refractivity contribution in [3.05, 3.63) is 64.7 Å². The number of amides is 2. The quantitative estimate of drug-likeness (QED) is 0.573. The van der Waals surface area contributed by atoms with Crippen LogP contribution in [0.1, 0.15) is 29.3 Å². The van der Waals surface area contributed by atoms with Gasteiger partial charge in [0.25, 0.3) is 5.91 Å². The van der Waals surface area contributed by atoms with Crippen molar-refractivity contribution in [1.29, 1.82) is 0 Å². The summed E-state index contributed by atoms with van der Waals surface area (Å²) in [6, 6.07) is 12.9. The number of anilines is 1. The molecule has 0 heterocycles. The Morgan fingerprint density at radius 1 is 1.07 bits per heavy atom. The standard InChI is InChI=1S/C20H21ClN2O4S/c1-2-17(20(26)27)23-19(25)14-5-3-13(4-6-14)11-28-12-18(24)22-16-9-7-15(21)8-10-16/h3-10,17H,2,11-12H2,1H3,(H,22,24)(H,23,25)(H,26,27). The predicted octanol–water partition coefficient (Wildman–Crippen LogP) is 3.80. The van der Waals surface area contributed by atoms with E-state index in [0.717, 1.165) is 5.56 Å². The summed E-state index contributed by atoms with van der Waals surface area (Å²) in [4.78, 5) is 35.0. The molecule has 2 aromatic carbocycles. The van der Waals surface area contributed by atoms with E-state index < -0.39 is 17.9 Å². The molecule has 2 aromatic rings. The Hall–Kier alpha value is -2.51. The number of rotatable bonds is 9. The monoisotopic (exact) mass is 420 g/mol. The van der Waals surface area contributed by atoms with Gasteiger partial charge in [0.05, 0.1) is 5.75 Å². The number of carboxylic acid groups (broad SMARTS) is 1. The van der Waals surface area contributed by atoms with Gasteiger partial charge < -0.3 is 15.7 Å². The fourth-order valence-electron chi connectivity index (χ4n) is 2.32. The molecule has 0 fully saturated rings. The molecule has 8 heteroatoms. The molecule has 0 saturated heterocycles. The van der Waals surface area contributed by atoms with Crippen LogP contribution in [-0.4, -0.2) is 34.7 Å². The van der Waals surface area contributed by atoms with Crippen LogP contribution < -0.4 is 10.6 Å². The second-order valence-electron chi connectivity index (χ2n) is 6.02. The van der Waals surface area contributed by atoms with E-state index in [0.29, 0.717) is 34.2 Å². The van der Waals surface area contributed by atoms with Gasteiger partial charge in [-0.1, -0.05) is 30.7 Å². The molecule has 6 nitrogen and oxygen atoms in total. The third-order valence-corrected chi connectivity index (χ3v) is 5.11. The van der Waals surface area contributed by atoms with Gasteiger partial charge in [-0.3, -0.25) is 9.59 Å². The first-order chi connectivity index (χ1) is 13.4. The average molecular weight is 421 g/mol. The van der Waals surface area contributed by atoms with Gasteiger partial charge in [-0.25, -0.2) is 4.79 Å². The molecule has 3 N–H and O–H groups in total. The summed E-state index contributed by atoms with van der Waals surface area (Å²) in [6.07, 6.45) is 0.313. The van der Waals surface area contributed by atoms with Crippen LogP contribution in [0.2, 0.25) is 5.02 Å². The molecular formula is C20H21ClN2O4S. The van der Waals surface area contributed by atoms with Gasteiger partial charge in [0.1, 0.15) is 6.04 Å². The van der Waals surface area contributed by atoms with E-state index in [-0.39, 0.29) is 5.91 Å². The lowest BCUT2D eigenvalue weighted by atomic mass is 10.1. The Kier molecular flexibility index (Phi) is 8.35. The summed E-state index contributed by atoms with van der Waals surface area (Å²) < 4.78 is 0. The zero-order chi connectivity index (χ0) is 20.5. The highest BCUT2D eigenvalue weighted by Crippen LogP contribution is 2.16. The number of hydrogen-bond acceptors (Lipinski definition) is 4.